The van der Waals surface area contributed by atoms with Crippen LogP contribution in [0, 0.1) is 10.1 Å². The molecule has 2 aromatic heterocycles. The van der Waals surface area contributed by atoms with Crippen LogP contribution < -0.4 is 5.56 Å². The van der Waals surface area contributed by atoms with Crippen molar-refractivity contribution in [2.24, 2.45) is 0 Å². The van der Waals surface area contributed by atoms with Crippen LogP contribution in [0.2, 0.25) is 5.02 Å². The number of hydrogen-bond donors (Lipinski definition) is 0. The number of benzene rings is 1. The van der Waals surface area contributed by atoms with Crippen LogP contribution in [0.3, 0.4) is 0 Å². The Bertz CT molecular complexity index is 958. The van der Waals surface area contributed by atoms with Crippen molar-refractivity contribution < 1.29 is 4.92 Å². The first-order valence-corrected chi connectivity index (χ1v) is 7.95. The van der Waals surface area contributed by atoms with E-state index >= 15 is 0 Å². The van der Waals surface area contributed by atoms with Gasteiger partial charge in [-0.1, -0.05) is 41.6 Å². The normalized spacial score (nSPS) is 10.8. The third-order valence-electron chi connectivity index (χ3n) is 3.13. The van der Waals surface area contributed by atoms with E-state index in [1.54, 1.807) is 36.4 Å². The molecule has 116 valence electrons. The maximum atomic E-state index is 12.3. The molecule has 3 rings (SSSR count). The maximum absolute atomic E-state index is 12.3. The monoisotopic (exact) mass is 347 g/mol. The molecule has 0 aliphatic rings. The smallest absolute Gasteiger partial charge is 0.262 e. The zero-order chi connectivity index (χ0) is 16.4. The van der Waals surface area contributed by atoms with Crippen molar-refractivity contribution in [1.82, 2.24) is 9.38 Å². The largest absolute Gasteiger partial charge is 0.366 e. The van der Waals surface area contributed by atoms with Crippen LogP contribution in [0.1, 0.15) is 5.56 Å². The van der Waals surface area contributed by atoms with Gasteiger partial charge in [-0.15, -0.1) is 0 Å². The highest BCUT2D eigenvalue weighted by atomic mass is 35.5. The zero-order valence-electron chi connectivity index (χ0n) is 11.7. The van der Waals surface area contributed by atoms with Crippen molar-refractivity contribution in [3.8, 4) is 0 Å². The van der Waals surface area contributed by atoms with Gasteiger partial charge in [-0.3, -0.25) is 19.3 Å². The average Bonchev–Trinajstić information content (AvgIpc) is 2.53. The summed E-state index contributed by atoms with van der Waals surface area (Å²) in [5, 5.41) is 12.0. The van der Waals surface area contributed by atoms with Crippen molar-refractivity contribution in [3.05, 3.63) is 79.7 Å². The van der Waals surface area contributed by atoms with Gasteiger partial charge in [0.05, 0.1) is 4.92 Å². The highest BCUT2D eigenvalue weighted by Gasteiger charge is 2.23. The van der Waals surface area contributed by atoms with Crippen molar-refractivity contribution in [2.45, 2.75) is 10.8 Å². The SMILES string of the molecule is O=c1c([N+](=O)[O-])c(SCc2cccc(Cl)c2)nc2ccccn12. The van der Waals surface area contributed by atoms with Crippen molar-refractivity contribution in [3.63, 3.8) is 0 Å². The molecule has 0 unspecified atom stereocenters. The van der Waals surface area contributed by atoms with Crippen LogP contribution >= 0.6 is 23.4 Å². The summed E-state index contributed by atoms with van der Waals surface area (Å²) in [5.74, 6) is 0.427. The Morgan fingerprint density at radius 2 is 2.09 bits per heavy atom. The van der Waals surface area contributed by atoms with Gasteiger partial charge in [-0.2, -0.15) is 0 Å². The number of thioether (sulfide) groups is 1. The number of rotatable bonds is 4. The highest BCUT2D eigenvalue weighted by molar-refractivity contribution is 7.98. The minimum atomic E-state index is -0.686. The van der Waals surface area contributed by atoms with Gasteiger partial charge in [0.15, 0.2) is 5.03 Å². The molecule has 0 aliphatic heterocycles. The average molecular weight is 348 g/mol. The number of hydrogen-bond acceptors (Lipinski definition) is 5. The number of fused-ring (bicyclic) bond motifs is 1. The van der Waals surface area contributed by atoms with Crippen molar-refractivity contribution in [2.75, 3.05) is 0 Å². The van der Waals surface area contributed by atoms with Gasteiger partial charge in [0.25, 0.3) is 0 Å². The van der Waals surface area contributed by atoms with E-state index in [-0.39, 0.29) is 5.03 Å². The van der Waals surface area contributed by atoms with Crippen LogP contribution in [0.5, 0.6) is 0 Å². The van der Waals surface area contributed by atoms with Gasteiger partial charge in [0.1, 0.15) is 5.65 Å². The van der Waals surface area contributed by atoms with Crippen LogP contribution in [0.4, 0.5) is 5.69 Å². The number of aromatic nitrogens is 2. The van der Waals surface area contributed by atoms with Gasteiger partial charge in [-0.25, -0.2) is 4.98 Å². The molecule has 0 N–H and O–H groups in total. The van der Waals surface area contributed by atoms with Crippen LogP contribution in [-0.4, -0.2) is 14.3 Å². The minimum absolute atomic E-state index is 0.103. The first kappa shape index (κ1) is 15.5. The third kappa shape index (κ3) is 3.20. The first-order chi connectivity index (χ1) is 11.1. The van der Waals surface area contributed by atoms with Gasteiger partial charge in [0.2, 0.25) is 0 Å². The summed E-state index contributed by atoms with van der Waals surface area (Å²) in [6.07, 6.45) is 1.46. The molecule has 0 atom stereocenters. The quantitative estimate of drug-likeness (QED) is 0.312. The molecule has 0 radical (unpaired) electrons. The summed E-state index contributed by atoms with van der Waals surface area (Å²) in [6, 6.07) is 12.2. The predicted octanol–water partition coefficient (Wildman–Crippen LogP) is 3.55. The summed E-state index contributed by atoms with van der Waals surface area (Å²) < 4.78 is 1.17. The molecule has 0 amide bonds. The molecule has 23 heavy (non-hydrogen) atoms. The molecule has 1 aromatic carbocycles. The Morgan fingerprint density at radius 1 is 1.26 bits per heavy atom. The van der Waals surface area contributed by atoms with E-state index in [4.69, 9.17) is 11.6 Å². The van der Waals surface area contributed by atoms with Gasteiger partial charge < -0.3 is 0 Å². The molecule has 8 heteroatoms. The van der Waals surface area contributed by atoms with E-state index in [2.05, 4.69) is 4.98 Å². The summed E-state index contributed by atoms with van der Waals surface area (Å²) in [7, 11) is 0. The summed E-state index contributed by atoms with van der Waals surface area (Å²) >= 11 is 7.07. The Balaban J connectivity index is 2.04. The van der Waals surface area contributed by atoms with Crippen LogP contribution in [-0.2, 0) is 5.75 Å². The molecule has 0 spiro atoms. The van der Waals surface area contributed by atoms with E-state index in [0.717, 1.165) is 17.3 Å². The lowest BCUT2D eigenvalue weighted by Gasteiger charge is -2.05. The lowest BCUT2D eigenvalue weighted by molar-refractivity contribution is -0.389. The predicted molar refractivity (Wildman–Crippen MR) is 89.1 cm³/mol. The minimum Gasteiger partial charge on any atom is -0.262 e. The Morgan fingerprint density at radius 3 is 2.83 bits per heavy atom. The van der Waals surface area contributed by atoms with E-state index in [0.29, 0.717) is 16.4 Å². The number of nitrogens with zero attached hydrogens (tertiary/aromatic N) is 3. The maximum Gasteiger partial charge on any atom is 0.366 e. The van der Waals surface area contributed by atoms with E-state index in [1.165, 1.54) is 10.6 Å². The second kappa shape index (κ2) is 6.39. The topological polar surface area (TPSA) is 77.5 Å². The molecular weight excluding hydrogens is 338 g/mol. The summed E-state index contributed by atoms with van der Waals surface area (Å²) in [6.45, 7) is 0. The summed E-state index contributed by atoms with van der Waals surface area (Å²) in [4.78, 5) is 27.1. The molecule has 2 heterocycles. The van der Waals surface area contributed by atoms with E-state index < -0.39 is 16.2 Å². The molecule has 0 fully saturated rings. The number of nitro groups is 1. The Kier molecular flexibility index (Phi) is 4.31. The Labute approximate surface area is 139 Å². The lowest BCUT2D eigenvalue weighted by Crippen LogP contribution is -2.19. The van der Waals surface area contributed by atoms with E-state index in [9.17, 15) is 14.9 Å². The number of pyridine rings is 1. The second-order valence-electron chi connectivity index (χ2n) is 4.68. The first-order valence-electron chi connectivity index (χ1n) is 6.59. The molecular formula is C15H10ClN3O3S. The molecule has 0 saturated heterocycles. The molecule has 0 saturated carbocycles. The van der Waals surface area contributed by atoms with Gasteiger partial charge >= 0.3 is 11.2 Å². The fourth-order valence-electron chi connectivity index (χ4n) is 2.09. The third-order valence-corrected chi connectivity index (χ3v) is 4.40. The van der Waals surface area contributed by atoms with Gasteiger partial charge in [0, 0.05) is 17.0 Å². The van der Waals surface area contributed by atoms with E-state index in [1.807, 2.05) is 6.07 Å². The van der Waals surface area contributed by atoms with Crippen LogP contribution in [0.25, 0.3) is 5.65 Å². The van der Waals surface area contributed by atoms with Crippen molar-refractivity contribution in [1.29, 1.82) is 0 Å². The van der Waals surface area contributed by atoms with Crippen LogP contribution in [0.15, 0.2) is 58.5 Å². The molecule has 0 aliphatic carbocycles. The second-order valence-corrected chi connectivity index (χ2v) is 6.08. The lowest BCUT2D eigenvalue weighted by atomic mass is 10.2. The molecule has 3 aromatic rings. The fraction of sp³-hybridized carbons (Fsp3) is 0.0667. The molecule has 0 bridgehead atoms. The Hall–Kier alpha value is -2.38. The zero-order valence-corrected chi connectivity index (χ0v) is 13.3. The van der Waals surface area contributed by atoms with Gasteiger partial charge in [-0.05, 0) is 29.8 Å². The summed E-state index contributed by atoms with van der Waals surface area (Å²) in [5.41, 5.74) is 0.0680. The number of halogens is 1. The fourth-order valence-corrected chi connectivity index (χ4v) is 3.25. The highest BCUT2D eigenvalue weighted by Crippen LogP contribution is 2.28. The molecule has 6 nitrogen and oxygen atoms in total. The van der Waals surface area contributed by atoms with Crippen molar-refractivity contribution >= 4 is 34.7 Å². The standard InChI is InChI=1S/C15H10ClN3O3S/c16-11-5-3-4-10(8-11)9-23-14-13(19(21)22)15(20)18-7-2-1-6-12(18)17-14/h1-8H,9H2.